The number of para-hydroxylation sites is 1. The van der Waals surface area contributed by atoms with E-state index in [1.165, 1.54) is 25.7 Å². The van der Waals surface area contributed by atoms with Gasteiger partial charge in [-0.3, -0.25) is 0 Å². The lowest BCUT2D eigenvalue weighted by Crippen LogP contribution is -2.35. The van der Waals surface area contributed by atoms with Crippen LogP contribution in [0, 0.1) is 11.7 Å². The maximum atomic E-state index is 14.4. The molecule has 2 saturated carbocycles. The summed E-state index contributed by atoms with van der Waals surface area (Å²) in [5, 5.41) is 3.51. The van der Waals surface area contributed by atoms with E-state index in [1.807, 2.05) is 6.07 Å². The van der Waals surface area contributed by atoms with Crippen molar-refractivity contribution in [2.24, 2.45) is 5.92 Å². The number of benzene rings is 1. The van der Waals surface area contributed by atoms with E-state index < -0.39 is 0 Å². The van der Waals surface area contributed by atoms with Crippen LogP contribution in [0.1, 0.15) is 45.1 Å². The van der Waals surface area contributed by atoms with Crippen molar-refractivity contribution in [3.8, 4) is 0 Å². The standard InChI is InChI=1S/C17H25FN2/c1-12(2)20(11-13-6-7-13)17-14(4-3-5-16(17)18)10-19-15-8-9-15/h3-5,12-13,15,19H,6-11H2,1-2H3. The molecular weight excluding hydrogens is 251 g/mol. The van der Waals surface area contributed by atoms with E-state index in [0.29, 0.717) is 12.1 Å². The Morgan fingerprint density at radius 3 is 2.60 bits per heavy atom. The fourth-order valence-corrected chi connectivity index (χ4v) is 2.70. The van der Waals surface area contributed by atoms with Crippen molar-refractivity contribution in [2.75, 3.05) is 11.4 Å². The van der Waals surface area contributed by atoms with E-state index in [9.17, 15) is 4.39 Å². The maximum Gasteiger partial charge on any atom is 0.146 e. The molecule has 2 fully saturated rings. The summed E-state index contributed by atoms with van der Waals surface area (Å²) in [6, 6.07) is 6.49. The highest BCUT2D eigenvalue weighted by Crippen LogP contribution is 2.35. The van der Waals surface area contributed by atoms with Crippen LogP contribution in [0.2, 0.25) is 0 Å². The minimum atomic E-state index is -0.0746. The van der Waals surface area contributed by atoms with E-state index in [4.69, 9.17) is 0 Å². The van der Waals surface area contributed by atoms with Gasteiger partial charge in [-0.2, -0.15) is 0 Å². The van der Waals surface area contributed by atoms with Crippen molar-refractivity contribution in [2.45, 2.75) is 58.2 Å². The molecule has 0 bridgehead atoms. The number of nitrogens with zero attached hydrogens (tertiary/aromatic N) is 1. The molecule has 3 rings (SSSR count). The molecule has 3 heteroatoms. The fourth-order valence-electron chi connectivity index (χ4n) is 2.70. The lowest BCUT2D eigenvalue weighted by Gasteiger charge is -2.31. The van der Waals surface area contributed by atoms with Crippen LogP contribution in [0.15, 0.2) is 18.2 Å². The molecule has 0 heterocycles. The third-order valence-electron chi connectivity index (χ3n) is 4.29. The van der Waals surface area contributed by atoms with Crippen molar-refractivity contribution in [3.63, 3.8) is 0 Å². The highest BCUT2D eigenvalue weighted by atomic mass is 19.1. The Bertz CT molecular complexity index is 464. The fraction of sp³-hybridized carbons (Fsp3) is 0.647. The van der Waals surface area contributed by atoms with Gasteiger partial charge >= 0.3 is 0 Å². The summed E-state index contributed by atoms with van der Waals surface area (Å²) in [5.74, 6) is 0.690. The zero-order valence-corrected chi connectivity index (χ0v) is 12.5. The maximum absolute atomic E-state index is 14.4. The Morgan fingerprint density at radius 1 is 1.25 bits per heavy atom. The van der Waals surface area contributed by atoms with Gasteiger partial charge in [-0.15, -0.1) is 0 Å². The SMILES string of the molecule is CC(C)N(CC1CC1)c1c(F)cccc1CNC1CC1. The van der Waals surface area contributed by atoms with Crippen molar-refractivity contribution in [1.29, 1.82) is 0 Å². The number of nitrogens with one attached hydrogen (secondary N) is 1. The highest BCUT2D eigenvalue weighted by molar-refractivity contribution is 5.55. The summed E-state index contributed by atoms with van der Waals surface area (Å²) in [7, 11) is 0. The van der Waals surface area contributed by atoms with E-state index in [0.717, 1.165) is 30.3 Å². The van der Waals surface area contributed by atoms with E-state index >= 15 is 0 Å². The van der Waals surface area contributed by atoms with Crippen LogP contribution in [-0.4, -0.2) is 18.6 Å². The molecule has 0 aliphatic heterocycles. The number of hydrogen-bond donors (Lipinski definition) is 1. The van der Waals surface area contributed by atoms with E-state index in [1.54, 1.807) is 6.07 Å². The molecule has 20 heavy (non-hydrogen) atoms. The Balaban J connectivity index is 1.82. The first kappa shape index (κ1) is 13.9. The van der Waals surface area contributed by atoms with Crippen LogP contribution in [0.5, 0.6) is 0 Å². The van der Waals surface area contributed by atoms with Gasteiger partial charge in [0.25, 0.3) is 0 Å². The average molecular weight is 276 g/mol. The summed E-state index contributed by atoms with van der Waals surface area (Å²) >= 11 is 0. The zero-order valence-electron chi connectivity index (χ0n) is 12.5. The van der Waals surface area contributed by atoms with Crippen LogP contribution < -0.4 is 10.2 Å². The van der Waals surface area contributed by atoms with Crippen LogP contribution >= 0.6 is 0 Å². The number of hydrogen-bond acceptors (Lipinski definition) is 2. The Labute approximate surface area is 121 Å². The first-order valence-electron chi connectivity index (χ1n) is 7.92. The summed E-state index contributed by atoms with van der Waals surface area (Å²) in [6.07, 6.45) is 5.13. The molecule has 0 unspecified atom stereocenters. The molecule has 0 radical (unpaired) electrons. The predicted molar refractivity (Wildman–Crippen MR) is 81.5 cm³/mol. The van der Waals surface area contributed by atoms with E-state index in [-0.39, 0.29) is 5.82 Å². The topological polar surface area (TPSA) is 15.3 Å². The Morgan fingerprint density at radius 2 is 2.00 bits per heavy atom. The second-order valence-corrected chi connectivity index (χ2v) is 6.59. The van der Waals surface area contributed by atoms with Gasteiger partial charge in [0.15, 0.2) is 0 Å². The molecule has 0 spiro atoms. The second kappa shape index (κ2) is 5.72. The van der Waals surface area contributed by atoms with Crippen LogP contribution in [-0.2, 0) is 6.54 Å². The van der Waals surface area contributed by atoms with Gasteiger partial charge < -0.3 is 10.2 Å². The van der Waals surface area contributed by atoms with Gasteiger partial charge in [0, 0.05) is 25.2 Å². The molecule has 1 N–H and O–H groups in total. The van der Waals surface area contributed by atoms with Crippen LogP contribution in [0.4, 0.5) is 10.1 Å². The summed E-state index contributed by atoms with van der Waals surface area (Å²) < 4.78 is 14.4. The minimum Gasteiger partial charge on any atom is -0.366 e. The Hall–Kier alpha value is -1.09. The highest BCUT2D eigenvalue weighted by Gasteiger charge is 2.28. The number of rotatable bonds is 7. The van der Waals surface area contributed by atoms with Gasteiger partial charge in [-0.25, -0.2) is 4.39 Å². The van der Waals surface area contributed by atoms with Crippen LogP contribution in [0.3, 0.4) is 0 Å². The second-order valence-electron chi connectivity index (χ2n) is 6.59. The van der Waals surface area contributed by atoms with Crippen molar-refractivity contribution in [3.05, 3.63) is 29.6 Å². The molecule has 2 nitrogen and oxygen atoms in total. The summed E-state index contributed by atoms with van der Waals surface area (Å²) in [5.41, 5.74) is 1.92. The molecule has 1 aromatic carbocycles. The average Bonchev–Trinajstić information content (AvgIpc) is 3.28. The van der Waals surface area contributed by atoms with Gasteiger partial charge in [0.05, 0.1) is 5.69 Å². The number of anilines is 1. The van der Waals surface area contributed by atoms with Gasteiger partial charge in [-0.1, -0.05) is 12.1 Å². The Kier molecular flexibility index (Phi) is 3.97. The molecule has 0 aromatic heterocycles. The molecule has 110 valence electrons. The van der Waals surface area contributed by atoms with Gasteiger partial charge in [0.2, 0.25) is 0 Å². The quantitative estimate of drug-likeness (QED) is 0.817. The van der Waals surface area contributed by atoms with Crippen molar-refractivity contribution < 1.29 is 4.39 Å². The first-order valence-corrected chi connectivity index (χ1v) is 7.92. The van der Waals surface area contributed by atoms with Crippen molar-refractivity contribution >= 4 is 5.69 Å². The molecule has 0 amide bonds. The monoisotopic (exact) mass is 276 g/mol. The van der Waals surface area contributed by atoms with Crippen LogP contribution in [0.25, 0.3) is 0 Å². The lowest BCUT2D eigenvalue weighted by atomic mass is 10.1. The molecule has 2 aliphatic rings. The smallest absolute Gasteiger partial charge is 0.146 e. The third-order valence-corrected chi connectivity index (χ3v) is 4.29. The first-order chi connectivity index (χ1) is 9.65. The molecule has 2 aliphatic carbocycles. The predicted octanol–water partition coefficient (Wildman–Crippen LogP) is 3.70. The number of halogens is 1. The normalized spacial score (nSPS) is 18.6. The largest absolute Gasteiger partial charge is 0.366 e. The van der Waals surface area contributed by atoms with Gasteiger partial charge in [0.1, 0.15) is 5.82 Å². The zero-order chi connectivity index (χ0) is 14.1. The lowest BCUT2D eigenvalue weighted by molar-refractivity contribution is 0.579. The van der Waals surface area contributed by atoms with E-state index in [2.05, 4.69) is 30.1 Å². The summed E-state index contributed by atoms with van der Waals surface area (Å²) in [4.78, 5) is 2.26. The summed E-state index contributed by atoms with van der Waals surface area (Å²) in [6.45, 7) is 6.10. The molecular formula is C17H25FN2. The minimum absolute atomic E-state index is 0.0746. The molecule has 1 aromatic rings. The third kappa shape index (κ3) is 3.32. The molecule has 0 saturated heterocycles. The van der Waals surface area contributed by atoms with Gasteiger partial charge in [-0.05, 0) is 57.1 Å². The van der Waals surface area contributed by atoms with Crippen molar-refractivity contribution in [1.82, 2.24) is 5.32 Å². The molecule has 0 atom stereocenters.